The zero-order valence-electron chi connectivity index (χ0n) is 10.6. The number of likely N-dealkylation sites (tertiary alicyclic amines) is 1. The van der Waals surface area contributed by atoms with Gasteiger partial charge in [-0.1, -0.05) is 18.5 Å². The minimum Gasteiger partial charge on any atom is -0.307 e. The quantitative estimate of drug-likeness (QED) is 0.849. The molecule has 0 saturated carbocycles. The van der Waals surface area contributed by atoms with E-state index in [1.165, 1.54) is 25.2 Å². The van der Waals surface area contributed by atoms with Crippen molar-refractivity contribution in [2.24, 2.45) is 5.92 Å². The third-order valence-electron chi connectivity index (χ3n) is 3.79. The van der Waals surface area contributed by atoms with Crippen molar-refractivity contribution in [2.45, 2.75) is 19.8 Å². The Balaban J connectivity index is 1.75. The minimum atomic E-state index is 0.748. The van der Waals surface area contributed by atoms with E-state index in [1.54, 1.807) is 0 Å². The second-order valence-electron chi connectivity index (χ2n) is 5.09. The Bertz CT molecular complexity index is 549. The zero-order chi connectivity index (χ0) is 12.5. The van der Waals surface area contributed by atoms with Crippen LogP contribution in [-0.4, -0.2) is 33.9 Å². The lowest BCUT2D eigenvalue weighted by molar-refractivity contribution is 0.341. The van der Waals surface area contributed by atoms with Crippen molar-refractivity contribution < 1.29 is 0 Å². The fourth-order valence-corrected chi connectivity index (χ4v) is 2.92. The van der Waals surface area contributed by atoms with Crippen LogP contribution in [0.4, 0.5) is 0 Å². The Morgan fingerprint density at radius 2 is 2.39 bits per heavy atom. The molecule has 0 N–H and O–H groups in total. The largest absolute Gasteiger partial charge is 0.307 e. The molecule has 2 aromatic heterocycles. The normalized spacial score (nSPS) is 20.9. The van der Waals surface area contributed by atoms with Gasteiger partial charge in [0.2, 0.25) is 0 Å². The molecular weight excluding hydrogens is 246 g/mol. The van der Waals surface area contributed by atoms with Crippen LogP contribution in [-0.2, 0) is 6.42 Å². The second-order valence-corrected chi connectivity index (χ2v) is 5.53. The molecule has 0 aromatic carbocycles. The molecule has 96 valence electrons. The molecule has 2 aromatic rings. The molecule has 1 aliphatic rings. The molecule has 4 heteroatoms. The van der Waals surface area contributed by atoms with Gasteiger partial charge in [-0.05, 0) is 44.0 Å². The Labute approximate surface area is 112 Å². The summed E-state index contributed by atoms with van der Waals surface area (Å²) >= 11 is 5.98. The number of aromatic nitrogens is 2. The number of hydrogen-bond acceptors (Lipinski definition) is 2. The van der Waals surface area contributed by atoms with Crippen molar-refractivity contribution >= 4 is 17.2 Å². The first-order chi connectivity index (χ1) is 8.74. The van der Waals surface area contributed by atoms with E-state index in [2.05, 4.69) is 23.0 Å². The smallest absolute Gasteiger partial charge is 0.138 e. The molecule has 3 nitrogen and oxygen atoms in total. The molecule has 3 rings (SSSR count). The lowest BCUT2D eigenvalue weighted by Gasteiger charge is -2.11. The SMILES string of the molecule is CCN1CCC(Cc2cn3ccc(Cl)cc3n2)C1. The number of imidazole rings is 1. The van der Waals surface area contributed by atoms with Gasteiger partial charge in [0.15, 0.2) is 0 Å². The van der Waals surface area contributed by atoms with Crippen molar-refractivity contribution in [3.8, 4) is 0 Å². The third-order valence-corrected chi connectivity index (χ3v) is 4.02. The van der Waals surface area contributed by atoms with E-state index in [9.17, 15) is 0 Å². The highest BCUT2D eigenvalue weighted by Gasteiger charge is 2.22. The summed E-state index contributed by atoms with van der Waals surface area (Å²) < 4.78 is 2.05. The van der Waals surface area contributed by atoms with Gasteiger partial charge in [-0.3, -0.25) is 0 Å². The molecule has 0 bridgehead atoms. The van der Waals surface area contributed by atoms with Gasteiger partial charge < -0.3 is 9.30 Å². The van der Waals surface area contributed by atoms with Crippen LogP contribution >= 0.6 is 11.6 Å². The predicted octanol–water partition coefficient (Wildman–Crippen LogP) is 2.87. The molecule has 0 spiro atoms. The maximum absolute atomic E-state index is 5.98. The average Bonchev–Trinajstić information content (AvgIpc) is 2.95. The summed E-state index contributed by atoms with van der Waals surface area (Å²) in [4.78, 5) is 7.16. The van der Waals surface area contributed by atoms with Gasteiger partial charge in [0.25, 0.3) is 0 Å². The Morgan fingerprint density at radius 3 is 3.17 bits per heavy atom. The first-order valence-electron chi connectivity index (χ1n) is 6.60. The summed E-state index contributed by atoms with van der Waals surface area (Å²) in [5.41, 5.74) is 2.13. The molecule has 1 unspecified atom stereocenters. The van der Waals surface area contributed by atoms with Crippen molar-refractivity contribution in [3.05, 3.63) is 35.2 Å². The van der Waals surface area contributed by atoms with Gasteiger partial charge in [-0.15, -0.1) is 0 Å². The molecule has 0 radical (unpaired) electrons. The highest BCUT2D eigenvalue weighted by Crippen LogP contribution is 2.21. The first-order valence-corrected chi connectivity index (χ1v) is 6.98. The van der Waals surface area contributed by atoms with E-state index in [0.29, 0.717) is 0 Å². The van der Waals surface area contributed by atoms with E-state index in [-0.39, 0.29) is 0 Å². The summed E-state index contributed by atoms with van der Waals surface area (Å²) in [5, 5.41) is 0.748. The van der Waals surface area contributed by atoms with Crippen molar-refractivity contribution in [2.75, 3.05) is 19.6 Å². The summed E-state index contributed by atoms with van der Waals surface area (Å²) in [6, 6.07) is 3.81. The fourth-order valence-electron chi connectivity index (χ4n) is 2.77. The Morgan fingerprint density at radius 1 is 1.50 bits per heavy atom. The number of fused-ring (bicyclic) bond motifs is 1. The lowest BCUT2D eigenvalue weighted by Crippen LogP contribution is -2.20. The van der Waals surface area contributed by atoms with Crippen LogP contribution in [0.25, 0.3) is 5.65 Å². The van der Waals surface area contributed by atoms with Gasteiger partial charge in [0.05, 0.1) is 5.69 Å². The summed E-state index contributed by atoms with van der Waals surface area (Å²) in [5.74, 6) is 0.755. The van der Waals surface area contributed by atoms with Crippen LogP contribution in [0.3, 0.4) is 0 Å². The van der Waals surface area contributed by atoms with Gasteiger partial charge in [0, 0.05) is 24.0 Å². The maximum atomic E-state index is 5.98. The Hall–Kier alpha value is -1.06. The van der Waals surface area contributed by atoms with Crippen LogP contribution in [0.1, 0.15) is 19.0 Å². The number of pyridine rings is 1. The van der Waals surface area contributed by atoms with Crippen LogP contribution in [0.15, 0.2) is 24.5 Å². The molecular formula is C14H18ClN3. The standard InChI is InChI=1S/C14H18ClN3/c1-2-17-5-3-11(9-17)7-13-10-18-6-4-12(15)8-14(18)16-13/h4,6,8,10-11H,2-3,5,7,9H2,1H3. The maximum Gasteiger partial charge on any atom is 0.138 e. The molecule has 1 aliphatic heterocycles. The number of rotatable bonds is 3. The van der Waals surface area contributed by atoms with Crippen molar-refractivity contribution in [3.63, 3.8) is 0 Å². The molecule has 1 fully saturated rings. The minimum absolute atomic E-state index is 0.748. The van der Waals surface area contributed by atoms with E-state index in [0.717, 1.165) is 29.6 Å². The van der Waals surface area contributed by atoms with Crippen molar-refractivity contribution in [1.82, 2.24) is 14.3 Å². The summed E-state index contributed by atoms with van der Waals surface area (Å²) in [6.07, 6.45) is 6.47. The highest BCUT2D eigenvalue weighted by molar-refractivity contribution is 6.30. The van der Waals surface area contributed by atoms with Crippen LogP contribution in [0.5, 0.6) is 0 Å². The van der Waals surface area contributed by atoms with Crippen LogP contribution < -0.4 is 0 Å². The number of nitrogens with zero attached hydrogens (tertiary/aromatic N) is 3. The van der Waals surface area contributed by atoms with Gasteiger partial charge in [-0.2, -0.15) is 0 Å². The third kappa shape index (κ3) is 2.38. The van der Waals surface area contributed by atoms with E-state index in [4.69, 9.17) is 11.6 Å². The molecule has 1 atom stereocenters. The average molecular weight is 264 g/mol. The molecule has 0 amide bonds. The Kier molecular flexibility index (Phi) is 3.27. The van der Waals surface area contributed by atoms with Gasteiger partial charge in [0.1, 0.15) is 5.65 Å². The fraction of sp³-hybridized carbons (Fsp3) is 0.500. The first kappa shape index (κ1) is 12.0. The number of hydrogen-bond donors (Lipinski definition) is 0. The van der Waals surface area contributed by atoms with Gasteiger partial charge in [-0.25, -0.2) is 4.98 Å². The molecule has 3 heterocycles. The summed E-state index contributed by atoms with van der Waals surface area (Å²) in [6.45, 7) is 5.85. The zero-order valence-corrected chi connectivity index (χ0v) is 11.4. The predicted molar refractivity (Wildman–Crippen MR) is 74.1 cm³/mol. The van der Waals surface area contributed by atoms with Crippen molar-refractivity contribution in [1.29, 1.82) is 0 Å². The monoisotopic (exact) mass is 263 g/mol. The molecule has 18 heavy (non-hydrogen) atoms. The molecule has 0 aliphatic carbocycles. The lowest BCUT2D eigenvalue weighted by atomic mass is 10.0. The van der Waals surface area contributed by atoms with Crippen LogP contribution in [0.2, 0.25) is 5.02 Å². The van der Waals surface area contributed by atoms with E-state index < -0.39 is 0 Å². The second kappa shape index (κ2) is 4.90. The topological polar surface area (TPSA) is 20.5 Å². The summed E-state index contributed by atoms with van der Waals surface area (Å²) in [7, 11) is 0. The highest BCUT2D eigenvalue weighted by atomic mass is 35.5. The number of halogens is 1. The molecule has 1 saturated heterocycles. The van der Waals surface area contributed by atoms with Crippen LogP contribution in [0, 0.1) is 5.92 Å². The van der Waals surface area contributed by atoms with E-state index in [1.807, 2.05) is 22.7 Å². The van der Waals surface area contributed by atoms with Gasteiger partial charge >= 0.3 is 0 Å². The van der Waals surface area contributed by atoms with E-state index >= 15 is 0 Å².